The Morgan fingerprint density at radius 1 is 0.875 bits per heavy atom. The van der Waals surface area contributed by atoms with Crippen molar-refractivity contribution in [3.63, 3.8) is 0 Å². The average molecular weight is 870 g/mol. The van der Waals surface area contributed by atoms with Crippen LogP contribution in [0.15, 0.2) is 59.8 Å². The molecule has 0 atom stereocenters. The van der Waals surface area contributed by atoms with Gasteiger partial charge < -0.3 is 31.1 Å². The van der Waals surface area contributed by atoms with Gasteiger partial charge in [-0.05, 0) is 81.5 Å². The van der Waals surface area contributed by atoms with Crippen molar-refractivity contribution in [1.82, 2.24) is 54.6 Å². The number of pyridine rings is 3. The number of anilines is 7. The van der Waals surface area contributed by atoms with E-state index in [1.54, 1.807) is 49.0 Å². The van der Waals surface area contributed by atoms with Crippen LogP contribution in [0.25, 0.3) is 11.0 Å². The predicted octanol–water partition coefficient (Wildman–Crippen LogP) is 4.91. The van der Waals surface area contributed by atoms with Crippen molar-refractivity contribution in [2.45, 2.75) is 71.5 Å². The Labute approximate surface area is 370 Å². The van der Waals surface area contributed by atoms with E-state index in [0.29, 0.717) is 63.7 Å². The van der Waals surface area contributed by atoms with Crippen LogP contribution in [0, 0.1) is 6.92 Å². The molecule has 0 unspecified atom stereocenters. The van der Waals surface area contributed by atoms with E-state index in [0.717, 1.165) is 89.2 Å². The molecule has 20 nitrogen and oxygen atoms in total. The van der Waals surface area contributed by atoms with Gasteiger partial charge in [0.15, 0.2) is 17.4 Å². The summed E-state index contributed by atoms with van der Waals surface area (Å²) < 4.78 is 3.60. The monoisotopic (exact) mass is 869 g/mol. The third-order valence-corrected chi connectivity index (χ3v) is 11.8. The van der Waals surface area contributed by atoms with Gasteiger partial charge in [0.1, 0.15) is 23.1 Å². The number of rotatable bonds is 17. The van der Waals surface area contributed by atoms with Crippen LogP contribution in [0.4, 0.5) is 40.7 Å². The van der Waals surface area contributed by atoms with E-state index in [1.165, 1.54) is 6.92 Å². The molecular weight excluding hydrogens is 815 g/mol. The molecule has 1 amide bonds. The van der Waals surface area contributed by atoms with E-state index in [2.05, 4.69) is 66.5 Å². The first kappa shape index (κ1) is 43.6. The molecule has 0 bridgehead atoms. The predicted molar refractivity (Wildman–Crippen MR) is 247 cm³/mol. The first-order chi connectivity index (χ1) is 31.0. The van der Waals surface area contributed by atoms with Crippen LogP contribution in [0.1, 0.15) is 83.5 Å². The number of fused-ring (bicyclic) bond motifs is 1. The molecule has 0 aromatic carbocycles. The highest BCUT2D eigenvalue weighted by molar-refractivity contribution is 6.07. The summed E-state index contributed by atoms with van der Waals surface area (Å²) >= 11 is 0. The average Bonchev–Trinajstić information content (AvgIpc) is 4.00. The number of carbonyl (C=O) groups is 2. The SMILES string of the molecule is CNc1ccc(C(=O)Nc2ccc(N(C)C)nn2)c(NCCCCn2cc(CN3CCN(c4ccc(Nc5ncc6c(C)c(C(C)=O)c(=O)n(C7CCCC7)c6n5)nc4)CC3)nn2)n1. The number of Topliss-reactive ketones (excluding diaryl/α,β-unsaturated/α-hetero) is 1. The van der Waals surface area contributed by atoms with Crippen molar-refractivity contribution < 1.29 is 9.59 Å². The fraction of sp³-hybridized carbons (Fsp3) is 0.432. The molecule has 0 radical (unpaired) electrons. The van der Waals surface area contributed by atoms with Gasteiger partial charge in [0.25, 0.3) is 11.5 Å². The Morgan fingerprint density at radius 2 is 1.66 bits per heavy atom. The number of unbranched alkanes of at least 4 members (excludes halogenated alkanes) is 1. The molecule has 2 fully saturated rings. The third-order valence-electron chi connectivity index (χ3n) is 11.8. The molecule has 0 spiro atoms. The zero-order valence-electron chi connectivity index (χ0n) is 37.0. The summed E-state index contributed by atoms with van der Waals surface area (Å²) in [4.78, 5) is 64.4. The summed E-state index contributed by atoms with van der Waals surface area (Å²) in [5, 5.41) is 30.2. The maximum Gasteiger partial charge on any atom is 0.263 e. The van der Waals surface area contributed by atoms with Crippen molar-refractivity contribution in [3.05, 3.63) is 87.7 Å². The summed E-state index contributed by atoms with van der Waals surface area (Å²) in [5.74, 6) is 2.55. The van der Waals surface area contributed by atoms with Gasteiger partial charge >= 0.3 is 0 Å². The lowest BCUT2D eigenvalue weighted by molar-refractivity contribution is 0.101. The molecule has 334 valence electrons. The number of hydrogen-bond acceptors (Lipinski definition) is 17. The van der Waals surface area contributed by atoms with Crippen LogP contribution < -0.4 is 36.6 Å². The molecule has 2 aliphatic rings. The van der Waals surface area contributed by atoms with Crippen LogP contribution in [0.5, 0.6) is 0 Å². The highest BCUT2D eigenvalue weighted by Gasteiger charge is 2.26. The number of nitrogens with zero attached hydrogens (tertiary/aromatic N) is 13. The number of amides is 1. The lowest BCUT2D eigenvalue weighted by Gasteiger charge is -2.35. The van der Waals surface area contributed by atoms with Gasteiger partial charge in [0.05, 0.1) is 28.7 Å². The number of aryl methyl sites for hydroxylation is 2. The van der Waals surface area contributed by atoms with E-state index in [4.69, 9.17) is 4.98 Å². The standard InChI is InChI=1S/C44H55N17O3/c1-28-34-25-48-44(52-41(34)61(31-10-6-7-11-31)43(64)39(28)29(2)62)51-36-14-12-32(24-47-36)59-22-20-58(21-23-59)26-30-27-60(56-53-30)19-9-8-18-46-40-33(13-15-35(45-3)49-40)42(63)50-37-16-17-38(55-54-37)57(4)5/h12-17,24-25,27,31H,6-11,18-23,26H2,1-5H3,(H2,45,46,49)(H,50,54,63)(H,47,48,51,52). The second-order valence-corrected chi connectivity index (χ2v) is 16.5. The van der Waals surface area contributed by atoms with Crippen LogP contribution in [-0.2, 0) is 13.1 Å². The molecular formula is C44H55N17O3. The zero-order valence-corrected chi connectivity index (χ0v) is 37.0. The Morgan fingerprint density at radius 3 is 2.36 bits per heavy atom. The molecule has 6 aromatic rings. The maximum absolute atomic E-state index is 13.6. The van der Waals surface area contributed by atoms with Crippen molar-refractivity contribution in [2.24, 2.45) is 0 Å². The molecule has 1 aliphatic carbocycles. The van der Waals surface area contributed by atoms with Crippen LogP contribution in [0.3, 0.4) is 0 Å². The van der Waals surface area contributed by atoms with Gasteiger partial charge in [-0.3, -0.25) is 28.5 Å². The lowest BCUT2D eigenvalue weighted by Crippen LogP contribution is -2.46. The molecule has 1 saturated heterocycles. The Bertz CT molecular complexity index is 2650. The first-order valence-electron chi connectivity index (χ1n) is 21.8. The number of nitrogens with one attached hydrogen (secondary N) is 4. The topological polar surface area (TPSA) is 222 Å². The third kappa shape index (κ3) is 9.91. The van der Waals surface area contributed by atoms with Gasteiger partial charge in [-0.2, -0.15) is 4.98 Å². The van der Waals surface area contributed by atoms with Crippen molar-refractivity contribution in [3.8, 4) is 0 Å². The van der Waals surface area contributed by atoms with Crippen molar-refractivity contribution in [2.75, 3.05) is 84.9 Å². The van der Waals surface area contributed by atoms with E-state index < -0.39 is 0 Å². The molecule has 4 N–H and O–H groups in total. The second kappa shape index (κ2) is 19.5. The summed E-state index contributed by atoms with van der Waals surface area (Å²) in [7, 11) is 5.54. The summed E-state index contributed by atoms with van der Waals surface area (Å²) in [5.41, 5.74) is 3.47. The van der Waals surface area contributed by atoms with Crippen molar-refractivity contribution >= 4 is 63.4 Å². The minimum Gasteiger partial charge on any atom is -0.373 e. The van der Waals surface area contributed by atoms with E-state index in [9.17, 15) is 14.4 Å². The van der Waals surface area contributed by atoms with Crippen LogP contribution in [0.2, 0.25) is 0 Å². The van der Waals surface area contributed by atoms with Gasteiger partial charge in [0.2, 0.25) is 5.95 Å². The van der Waals surface area contributed by atoms with Gasteiger partial charge in [-0.25, -0.2) is 15.0 Å². The van der Waals surface area contributed by atoms with Gasteiger partial charge in [0, 0.05) is 90.8 Å². The molecule has 6 aromatic heterocycles. The molecule has 64 heavy (non-hydrogen) atoms. The highest BCUT2D eigenvalue weighted by Crippen LogP contribution is 2.32. The maximum atomic E-state index is 13.6. The highest BCUT2D eigenvalue weighted by atomic mass is 16.2. The van der Waals surface area contributed by atoms with Crippen LogP contribution in [-0.4, -0.2) is 120 Å². The fourth-order valence-electron chi connectivity index (χ4n) is 8.32. The Balaban J connectivity index is 0.791. The Kier molecular flexibility index (Phi) is 13.3. The molecule has 7 heterocycles. The summed E-state index contributed by atoms with van der Waals surface area (Å²) in [6.07, 6.45) is 11.1. The lowest BCUT2D eigenvalue weighted by atomic mass is 10.0. The van der Waals surface area contributed by atoms with E-state index >= 15 is 0 Å². The van der Waals surface area contributed by atoms with Gasteiger partial charge in [-0.1, -0.05) is 18.1 Å². The number of carbonyl (C=O) groups excluding carboxylic acids is 2. The van der Waals surface area contributed by atoms with Crippen LogP contribution >= 0.6 is 0 Å². The second-order valence-electron chi connectivity index (χ2n) is 16.5. The molecule has 20 heteroatoms. The van der Waals surface area contributed by atoms with E-state index in [1.807, 2.05) is 48.2 Å². The molecule has 1 aliphatic heterocycles. The normalized spacial score (nSPS) is 14.5. The smallest absolute Gasteiger partial charge is 0.263 e. The largest absolute Gasteiger partial charge is 0.373 e. The van der Waals surface area contributed by atoms with E-state index in [-0.39, 0.29) is 28.9 Å². The molecule has 8 rings (SSSR count). The molecule has 1 saturated carbocycles. The number of piperazine rings is 1. The fourth-order valence-corrected chi connectivity index (χ4v) is 8.32. The quantitative estimate of drug-likeness (QED) is 0.0707. The zero-order chi connectivity index (χ0) is 44.7. The minimum atomic E-state index is -0.328. The minimum absolute atomic E-state index is 0.00853. The number of hydrogen-bond donors (Lipinski definition) is 4. The summed E-state index contributed by atoms with van der Waals surface area (Å²) in [6.45, 7) is 8.72. The summed E-state index contributed by atoms with van der Waals surface area (Å²) in [6, 6.07) is 11.0. The first-order valence-corrected chi connectivity index (χ1v) is 21.8. The number of ketones is 1. The number of aromatic nitrogens is 10. The van der Waals surface area contributed by atoms with Gasteiger partial charge in [-0.15, -0.1) is 15.3 Å². The van der Waals surface area contributed by atoms with Crippen molar-refractivity contribution in [1.29, 1.82) is 0 Å². The Hall–Kier alpha value is -7.09.